The molecule has 1 heterocycles. The van der Waals surface area contributed by atoms with Crippen molar-refractivity contribution in [3.63, 3.8) is 0 Å². The Bertz CT molecular complexity index is 571. The van der Waals surface area contributed by atoms with Gasteiger partial charge in [-0.05, 0) is 25.5 Å². The van der Waals surface area contributed by atoms with Crippen molar-refractivity contribution in [2.45, 2.75) is 35.4 Å². The molecule has 0 saturated heterocycles. The largest absolute Gasteiger partial charge is 0.355 e. The van der Waals surface area contributed by atoms with E-state index in [1.807, 2.05) is 6.92 Å². The monoisotopic (exact) mass is 331 g/mol. The zero-order valence-electron chi connectivity index (χ0n) is 12.7. The number of hydrogen-bond acceptors (Lipinski definition) is 5. The SMILES string of the molecule is CCCNC(=O)[C@H](C)Sc1ccc(S(=O)(=O)N(C)C)cn1. The normalized spacial score (nSPS) is 13.2. The Kier molecular flexibility index (Phi) is 6.63. The summed E-state index contributed by atoms with van der Waals surface area (Å²) in [5.74, 6) is -0.0476. The minimum Gasteiger partial charge on any atom is -0.355 e. The second kappa shape index (κ2) is 7.77. The third-order valence-corrected chi connectivity index (χ3v) is 5.55. The topological polar surface area (TPSA) is 79.4 Å². The van der Waals surface area contributed by atoms with Crippen molar-refractivity contribution in [1.29, 1.82) is 0 Å². The van der Waals surface area contributed by atoms with Gasteiger partial charge in [0.1, 0.15) is 4.90 Å². The molecule has 6 nitrogen and oxygen atoms in total. The molecule has 0 spiro atoms. The van der Waals surface area contributed by atoms with Gasteiger partial charge in [0.25, 0.3) is 0 Å². The molecule has 0 aliphatic carbocycles. The third-order valence-electron chi connectivity index (χ3n) is 2.70. The van der Waals surface area contributed by atoms with Gasteiger partial charge in [-0.1, -0.05) is 18.7 Å². The van der Waals surface area contributed by atoms with Crippen molar-refractivity contribution in [3.8, 4) is 0 Å². The molecular formula is C13H21N3O3S2. The molecule has 1 rings (SSSR count). The highest BCUT2D eigenvalue weighted by atomic mass is 32.2. The molecule has 0 unspecified atom stereocenters. The average Bonchev–Trinajstić information content (AvgIpc) is 2.45. The lowest BCUT2D eigenvalue weighted by atomic mass is 10.4. The minimum absolute atomic E-state index is 0.0476. The number of rotatable bonds is 7. The van der Waals surface area contributed by atoms with Gasteiger partial charge in [0.2, 0.25) is 15.9 Å². The number of amides is 1. The lowest BCUT2D eigenvalue weighted by molar-refractivity contribution is -0.120. The van der Waals surface area contributed by atoms with Crippen LogP contribution in [-0.2, 0) is 14.8 Å². The molecule has 0 bridgehead atoms. The number of carbonyl (C=O) groups is 1. The smallest absolute Gasteiger partial charge is 0.244 e. The molecule has 0 aromatic carbocycles. The minimum atomic E-state index is -3.47. The van der Waals surface area contributed by atoms with Crippen molar-refractivity contribution in [1.82, 2.24) is 14.6 Å². The lowest BCUT2D eigenvalue weighted by Crippen LogP contribution is -2.31. The van der Waals surface area contributed by atoms with E-state index in [9.17, 15) is 13.2 Å². The summed E-state index contributed by atoms with van der Waals surface area (Å²) >= 11 is 1.30. The van der Waals surface area contributed by atoms with Crippen LogP contribution in [-0.4, -0.2) is 49.5 Å². The average molecular weight is 331 g/mol. The van der Waals surface area contributed by atoms with Crippen molar-refractivity contribution in [3.05, 3.63) is 18.3 Å². The van der Waals surface area contributed by atoms with Crippen molar-refractivity contribution in [2.24, 2.45) is 0 Å². The zero-order chi connectivity index (χ0) is 16.0. The van der Waals surface area contributed by atoms with E-state index in [1.165, 1.54) is 38.1 Å². The van der Waals surface area contributed by atoms with Gasteiger partial charge in [0.15, 0.2) is 0 Å². The molecule has 1 atom stereocenters. The van der Waals surface area contributed by atoms with E-state index >= 15 is 0 Å². The number of nitrogens with one attached hydrogen (secondary N) is 1. The summed E-state index contributed by atoms with van der Waals surface area (Å²) in [7, 11) is -0.527. The van der Waals surface area contributed by atoms with Crippen LogP contribution >= 0.6 is 11.8 Å². The first kappa shape index (κ1) is 17.9. The fourth-order valence-corrected chi connectivity index (χ4v) is 3.09. The number of sulfonamides is 1. The number of nitrogens with zero attached hydrogens (tertiary/aromatic N) is 2. The van der Waals surface area contributed by atoms with Gasteiger partial charge in [-0.2, -0.15) is 0 Å². The van der Waals surface area contributed by atoms with Crippen LogP contribution in [0.25, 0.3) is 0 Å². The summed E-state index contributed by atoms with van der Waals surface area (Å²) in [6.07, 6.45) is 2.20. The van der Waals surface area contributed by atoms with E-state index in [0.717, 1.165) is 10.7 Å². The Balaban J connectivity index is 2.73. The highest BCUT2D eigenvalue weighted by Gasteiger charge is 2.19. The van der Waals surface area contributed by atoms with Gasteiger partial charge in [-0.3, -0.25) is 4.79 Å². The summed E-state index contributed by atoms with van der Waals surface area (Å²) in [4.78, 5) is 16.0. The highest BCUT2D eigenvalue weighted by molar-refractivity contribution is 8.00. The zero-order valence-corrected chi connectivity index (χ0v) is 14.3. The Morgan fingerprint density at radius 2 is 2.10 bits per heavy atom. The highest BCUT2D eigenvalue weighted by Crippen LogP contribution is 2.22. The van der Waals surface area contributed by atoms with E-state index in [-0.39, 0.29) is 16.1 Å². The van der Waals surface area contributed by atoms with Crippen LogP contribution in [0.3, 0.4) is 0 Å². The quantitative estimate of drug-likeness (QED) is 0.763. The first-order valence-corrected chi connectivity index (χ1v) is 8.94. The maximum absolute atomic E-state index is 11.9. The van der Waals surface area contributed by atoms with E-state index in [0.29, 0.717) is 11.6 Å². The van der Waals surface area contributed by atoms with Gasteiger partial charge in [0, 0.05) is 26.8 Å². The number of pyridine rings is 1. The Morgan fingerprint density at radius 1 is 1.43 bits per heavy atom. The molecule has 8 heteroatoms. The van der Waals surface area contributed by atoms with Gasteiger partial charge in [-0.25, -0.2) is 17.7 Å². The van der Waals surface area contributed by atoms with Crippen LogP contribution in [0, 0.1) is 0 Å². The van der Waals surface area contributed by atoms with E-state index in [4.69, 9.17) is 0 Å². The Morgan fingerprint density at radius 3 is 2.57 bits per heavy atom. The van der Waals surface area contributed by atoms with Gasteiger partial charge < -0.3 is 5.32 Å². The lowest BCUT2D eigenvalue weighted by Gasteiger charge is -2.13. The fourth-order valence-electron chi connectivity index (χ4n) is 1.43. The molecular weight excluding hydrogens is 310 g/mol. The van der Waals surface area contributed by atoms with Crippen LogP contribution in [0.4, 0.5) is 0 Å². The molecule has 0 aliphatic heterocycles. The van der Waals surface area contributed by atoms with Crippen LogP contribution in [0.1, 0.15) is 20.3 Å². The standard InChI is InChI=1S/C13H21N3O3S2/c1-5-8-14-13(17)10(2)20-12-7-6-11(9-15-12)21(18,19)16(3)4/h6-7,9-10H,5,8H2,1-4H3,(H,14,17)/t10-/m0/s1. The van der Waals surface area contributed by atoms with Gasteiger partial charge >= 0.3 is 0 Å². The van der Waals surface area contributed by atoms with Crippen LogP contribution in [0.2, 0.25) is 0 Å². The van der Waals surface area contributed by atoms with Gasteiger partial charge in [0.05, 0.1) is 10.3 Å². The molecule has 1 amide bonds. The summed E-state index contributed by atoms with van der Waals surface area (Å²) in [5.41, 5.74) is 0. The first-order chi connectivity index (χ1) is 9.78. The molecule has 1 aromatic heterocycles. The number of aromatic nitrogens is 1. The first-order valence-electron chi connectivity index (χ1n) is 6.62. The van der Waals surface area contributed by atoms with Crippen molar-refractivity contribution in [2.75, 3.05) is 20.6 Å². The molecule has 0 fully saturated rings. The van der Waals surface area contributed by atoms with Crippen molar-refractivity contribution < 1.29 is 13.2 Å². The van der Waals surface area contributed by atoms with Gasteiger partial charge in [-0.15, -0.1) is 0 Å². The Hall–Kier alpha value is -1.12. The number of thioether (sulfide) groups is 1. The van der Waals surface area contributed by atoms with Crippen LogP contribution in [0.15, 0.2) is 28.3 Å². The molecule has 0 radical (unpaired) electrons. The van der Waals surface area contributed by atoms with E-state index in [1.54, 1.807) is 13.0 Å². The van der Waals surface area contributed by atoms with Crippen LogP contribution < -0.4 is 5.32 Å². The number of carbonyl (C=O) groups excluding carboxylic acids is 1. The second-order valence-electron chi connectivity index (χ2n) is 4.67. The predicted molar refractivity (Wildman–Crippen MR) is 83.7 cm³/mol. The van der Waals surface area contributed by atoms with E-state index in [2.05, 4.69) is 10.3 Å². The van der Waals surface area contributed by atoms with Crippen LogP contribution in [0.5, 0.6) is 0 Å². The van der Waals surface area contributed by atoms with Crippen molar-refractivity contribution >= 4 is 27.7 Å². The summed E-state index contributed by atoms with van der Waals surface area (Å²) in [6, 6.07) is 3.12. The molecule has 0 saturated carbocycles. The third kappa shape index (κ3) is 4.98. The maximum atomic E-state index is 11.9. The summed E-state index contributed by atoms with van der Waals surface area (Å²) in [5, 5.41) is 3.15. The molecule has 1 aromatic rings. The molecule has 21 heavy (non-hydrogen) atoms. The molecule has 118 valence electrons. The Labute approximate surface area is 130 Å². The number of hydrogen-bond donors (Lipinski definition) is 1. The maximum Gasteiger partial charge on any atom is 0.244 e. The summed E-state index contributed by atoms with van der Waals surface area (Å²) in [6.45, 7) is 4.43. The summed E-state index contributed by atoms with van der Waals surface area (Å²) < 4.78 is 25.0. The predicted octanol–water partition coefficient (Wildman–Crippen LogP) is 1.34. The molecule has 1 N–H and O–H groups in total. The molecule has 0 aliphatic rings. The van der Waals surface area contributed by atoms with E-state index < -0.39 is 10.0 Å². The second-order valence-corrected chi connectivity index (χ2v) is 8.18. The fraction of sp³-hybridized carbons (Fsp3) is 0.538.